The summed E-state index contributed by atoms with van der Waals surface area (Å²) in [6, 6.07) is 3.17. The van der Waals surface area contributed by atoms with Crippen molar-refractivity contribution in [1.82, 2.24) is 19.8 Å². The molecule has 0 aromatic carbocycles. The Hall–Kier alpha value is -1.69. The van der Waals surface area contributed by atoms with E-state index in [1.165, 1.54) is 11.7 Å². The first-order valence-electron chi connectivity index (χ1n) is 3.68. The molecule has 0 aliphatic rings. The number of hydrogen-bond acceptors (Lipinski definition) is 5. The second-order valence-electron chi connectivity index (χ2n) is 2.43. The average Bonchev–Trinajstić information content (AvgIpc) is 2.59. The predicted octanol–water partition coefficient (Wildman–Crippen LogP) is 0.564. The van der Waals surface area contributed by atoms with Crippen LogP contribution in [-0.2, 0) is 4.74 Å². The molecule has 0 aliphatic carbocycles. The minimum Gasteiger partial charge on any atom is -0.463 e. The van der Waals surface area contributed by atoms with Crippen molar-refractivity contribution in [3.05, 3.63) is 23.1 Å². The van der Waals surface area contributed by atoms with Gasteiger partial charge in [-0.25, -0.2) is 4.79 Å². The second kappa shape index (κ2) is 3.22. The number of carbonyl (C=O) groups excluding carboxylic acids is 1. The largest absolute Gasteiger partial charge is 0.463 e. The van der Waals surface area contributed by atoms with Crippen molar-refractivity contribution in [2.75, 3.05) is 7.11 Å². The maximum Gasteiger partial charge on any atom is 0.378 e. The van der Waals surface area contributed by atoms with Crippen molar-refractivity contribution in [2.45, 2.75) is 0 Å². The number of halogens is 1. The zero-order chi connectivity index (χ0) is 10.1. The first-order chi connectivity index (χ1) is 6.70. The SMILES string of the molecule is COC(=O)c1nc2ccc(Cl)nn2n1. The second-order valence-corrected chi connectivity index (χ2v) is 2.82. The molecule has 7 heteroatoms. The Morgan fingerprint density at radius 3 is 3.00 bits per heavy atom. The highest BCUT2D eigenvalue weighted by Gasteiger charge is 2.13. The Kier molecular flexibility index (Phi) is 2.05. The minimum absolute atomic E-state index is 0.0396. The fourth-order valence-electron chi connectivity index (χ4n) is 0.939. The summed E-state index contributed by atoms with van der Waals surface area (Å²) in [7, 11) is 1.26. The van der Waals surface area contributed by atoms with E-state index in [4.69, 9.17) is 11.6 Å². The molecule has 14 heavy (non-hydrogen) atoms. The lowest BCUT2D eigenvalue weighted by Gasteiger charge is -1.88. The molecule has 0 N–H and O–H groups in total. The molecule has 0 bridgehead atoms. The molecular weight excluding hydrogens is 208 g/mol. The number of fused-ring (bicyclic) bond motifs is 1. The van der Waals surface area contributed by atoms with Crippen LogP contribution in [0, 0.1) is 0 Å². The highest BCUT2D eigenvalue weighted by atomic mass is 35.5. The third kappa shape index (κ3) is 1.39. The van der Waals surface area contributed by atoms with Crippen LogP contribution < -0.4 is 0 Å². The molecule has 72 valence electrons. The Morgan fingerprint density at radius 1 is 1.50 bits per heavy atom. The van der Waals surface area contributed by atoms with Crippen LogP contribution >= 0.6 is 11.6 Å². The lowest BCUT2D eigenvalue weighted by atomic mass is 10.5. The molecule has 2 heterocycles. The molecule has 0 saturated carbocycles. The minimum atomic E-state index is -0.605. The van der Waals surface area contributed by atoms with Gasteiger partial charge in [0, 0.05) is 0 Å². The summed E-state index contributed by atoms with van der Waals surface area (Å²) in [4.78, 5) is 14.9. The first kappa shape index (κ1) is 8.89. The third-order valence-electron chi connectivity index (χ3n) is 1.54. The van der Waals surface area contributed by atoms with E-state index in [9.17, 15) is 4.79 Å². The van der Waals surface area contributed by atoms with E-state index >= 15 is 0 Å². The maximum atomic E-state index is 11.0. The van der Waals surface area contributed by atoms with Crippen molar-refractivity contribution in [3.8, 4) is 0 Å². The molecular formula is C7H5ClN4O2. The van der Waals surface area contributed by atoms with Crippen LogP contribution in [0.2, 0.25) is 5.15 Å². The van der Waals surface area contributed by atoms with Gasteiger partial charge >= 0.3 is 5.97 Å². The van der Waals surface area contributed by atoms with Gasteiger partial charge in [0.1, 0.15) is 0 Å². The number of aromatic nitrogens is 4. The van der Waals surface area contributed by atoms with Crippen molar-refractivity contribution in [1.29, 1.82) is 0 Å². The third-order valence-corrected chi connectivity index (χ3v) is 1.74. The highest BCUT2D eigenvalue weighted by molar-refractivity contribution is 6.29. The molecule has 2 aromatic heterocycles. The van der Waals surface area contributed by atoms with Crippen LogP contribution in [0.15, 0.2) is 12.1 Å². The molecule has 0 atom stereocenters. The lowest BCUT2D eigenvalue weighted by Crippen LogP contribution is -2.04. The Bertz CT molecular complexity index is 495. The van der Waals surface area contributed by atoms with Crippen LogP contribution in [0.3, 0.4) is 0 Å². The van der Waals surface area contributed by atoms with Gasteiger partial charge in [0.05, 0.1) is 7.11 Å². The summed E-state index contributed by atoms with van der Waals surface area (Å²) in [6.07, 6.45) is 0. The number of nitrogens with zero attached hydrogens (tertiary/aromatic N) is 4. The number of methoxy groups -OCH3 is 1. The fourth-order valence-corrected chi connectivity index (χ4v) is 1.07. The topological polar surface area (TPSA) is 69.4 Å². The fraction of sp³-hybridized carbons (Fsp3) is 0.143. The molecule has 0 radical (unpaired) electrons. The smallest absolute Gasteiger partial charge is 0.378 e. The van der Waals surface area contributed by atoms with Gasteiger partial charge in [-0.15, -0.1) is 14.8 Å². The van der Waals surface area contributed by atoms with E-state index in [0.717, 1.165) is 0 Å². The van der Waals surface area contributed by atoms with E-state index < -0.39 is 5.97 Å². The highest BCUT2D eigenvalue weighted by Crippen LogP contribution is 2.05. The summed E-state index contributed by atoms with van der Waals surface area (Å²) in [6.45, 7) is 0. The van der Waals surface area contributed by atoms with Crippen LogP contribution in [-0.4, -0.2) is 32.9 Å². The molecule has 2 aromatic rings. The summed E-state index contributed by atoms with van der Waals surface area (Å²) < 4.78 is 5.63. The van der Waals surface area contributed by atoms with Gasteiger partial charge in [0.15, 0.2) is 10.8 Å². The maximum absolute atomic E-state index is 11.0. The summed E-state index contributed by atoms with van der Waals surface area (Å²) in [5.41, 5.74) is 0.440. The van der Waals surface area contributed by atoms with Crippen molar-refractivity contribution < 1.29 is 9.53 Å². The molecule has 0 amide bonds. The van der Waals surface area contributed by atoms with E-state index in [1.807, 2.05) is 0 Å². The summed E-state index contributed by atoms with van der Waals surface area (Å²) in [5, 5.41) is 7.87. The predicted molar refractivity (Wildman–Crippen MR) is 47.1 cm³/mol. The monoisotopic (exact) mass is 212 g/mol. The van der Waals surface area contributed by atoms with E-state index in [2.05, 4.69) is 19.9 Å². The molecule has 0 fully saturated rings. The molecule has 6 nitrogen and oxygen atoms in total. The van der Waals surface area contributed by atoms with Crippen LogP contribution in [0.4, 0.5) is 0 Å². The van der Waals surface area contributed by atoms with Gasteiger partial charge in [0.25, 0.3) is 5.82 Å². The molecule has 0 aliphatic heterocycles. The Labute approximate surface area is 83.5 Å². The molecule has 0 unspecified atom stereocenters. The van der Waals surface area contributed by atoms with Gasteiger partial charge in [-0.05, 0) is 12.1 Å². The number of hydrogen-bond donors (Lipinski definition) is 0. The normalized spacial score (nSPS) is 10.4. The number of rotatable bonds is 1. The number of esters is 1. The average molecular weight is 213 g/mol. The van der Waals surface area contributed by atoms with Gasteiger partial charge in [-0.1, -0.05) is 11.6 Å². The molecule has 2 rings (SSSR count). The van der Waals surface area contributed by atoms with Gasteiger partial charge in [0.2, 0.25) is 0 Å². The number of carbonyl (C=O) groups is 1. The Morgan fingerprint density at radius 2 is 2.29 bits per heavy atom. The zero-order valence-electron chi connectivity index (χ0n) is 7.14. The Balaban J connectivity index is 2.56. The zero-order valence-corrected chi connectivity index (χ0v) is 7.89. The lowest BCUT2D eigenvalue weighted by molar-refractivity contribution is 0.0587. The molecule has 0 saturated heterocycles. The van der Waals surface area contributed by atoms with Crippen molar-refractivity contribution >= 4 is 23.2 Å². The van der Waals surface area contributed by atoms with Crippen LogP contribution in [0.1, 0.15) is 10.6 Å². The van der Waals surface area contributed by atoms with Gasteiger partial charge < -0.3 is 4.74 Å². The quantitative estimate of drug-likeness (QED) is 0.647. The van der Waals surface area contributed by atoms with Gasteiger partial charge in [-0.2, -0.15) is 4.98 Å². The van der Waals surface area contributed by atoms with Crippen molar-refractivity contribution in [2.24, 2.45) is 0 Å². The van der Waals surface area contributed by atoms with E-state index in [0.29, 0.717) is 5.65 Å². The van der Waals surface area contributed by atoms with Crippen LogP contribution in [0.25, 0.3) is 5.65 Å². The summed E-state index contributed by atoms with van der Waals surface area (Å²) >= 11 is 5.63. The van der Waals surface area contributed by atoms with E-state index in [1.54, 1.807) is 12.1 Å². The summed E-state index contributed by atoms with van der Waals surface area (Å²) in [5.74, 6) is -0.645. The van der Waals surface area contributed by atoms with Gasteiger partial charge in [-0.3, -0.25) is 0 Å². The first-order valence-corrected chi connectivity index (χ1v) is 4.06. The standard InChI is InChI=1S/C7H5ClN4O2/c1-14-7(13)6-9-5-3-2-4(8)10-12(5)11-6/h2-3H,1H3. The van der Waals surface area contributed by atoms with Crippen molar-refractivity contribution in [3.63, 3.8) is 0 Å². The van der Waals surface area contributed by atoms with E-state index in [-0.39, 0.29) is 11.0 Å². The van der Waals surface area contributed by atoms with Crippen LogP contribution in [0.5, 0.6) is 0 Å². The number of ether oxygens (including phenoxy) is 1. The molecule has 0 spiro atoms.